The predicted octanol–water partition coefficient (Wildman–Crippen LogP) is 4.60. The van der Waals surface area contributed by atoms with Gasteiger partial charge in [0.1, 0.15) is 5.75 Å². The molecule has 0 saturated carbocycles. The van der Waals surface area contributed by atoms with Gasteiger partial charge in [0.05, 0.1) is 32.0 Å². The van der Waals surface area contributed by atoms with E-state index < -0.39 is 18.0 Å². The van der Waals surface area contributed by atoms with Crippen LogP contribution >= 0.6 is 23.2 Å². The van der Waals surface area contributed by atoms with E-state index in [4.69, 9.17) is 42.1 Å². The van der Waals surface area contributed by atoms with Crippen LogP contribution in [0.5, 0.6) is 17.2 Å². The van der Waals surface area contributed by atoms with Crippen molar-refractivity contribution in [1.29, 1.82) is 0 Å². The normalized spacial score (nSPS) is 11.7. The van der Waals surface area contributed by atoms with Gasteiger partial charge in [0.2, 0.25) is 0 Å². The maximum absolute atomic E-state index is 12.3. The number of carbonyl (C=O) groups excluding carboxylic acids is 2. The van der Waals surface area contributed by atoms with Gasteiger partial charge in [-0.15, -0.1) is 0 Å². The standard InChI is InChI=1S/C21H21Cl2NO6/c1-12(21(26)24-16-7-6-14(22)10-15(16)23)30-20(25)8-5-13-9-18(28-3)19(29-4)11-17(13)27-2/h5-12H,1-4H3,(H,24,26)/b8-5+. The summed E-state index contributed by atoms with van der Waals surface area (Å²) in [6, 6.07) is 7.92. The largest absolute Gasteiger partial charge is 0.496 e. The lowest BCUT2D eigenvalue weighted by Gasteiger charge is -2.14. The number of esters is 1. The molecule has 30 heavy (non-hydrogen) atoms. The maximum Gasteiger partial charge on any atom is 0.331 e. The maximum atomic E-state index is 12.3. The average Bonchev–Trinajstić information content (AvgIpc) is 2.73. The summed E-state index contributed by atoms with van der Waals surface area (Å²) >= 11 is 11.9. The van der Waals surface area contributed by atoms with Crippen molar-refractivity contribution in [3.63, 3.8) is 0 Å². The Bertz CT molecular complexity index is 961. The van der Waals surface area contributed by atoms with Crippen LogP contribution in [0.2, 0.25) is 10.0 Å². The van der Waals surface area contributed by atoms with Crippen molar-refractivity contribution < 1.29 is 28.5 Å². The summed E-state index contributed by atoms with van der Waals surface area (Å²) in [5.41, 5.74) is 0.928. The Balaban J connectivity index is 2.05. The van der Waals surface area contributed by atoms with Crippen LogP contribution in [-0.2, 0) is 14.3 Å². The Kier molecular flexibility index (Phi) is 8.38. The van der Waals surface area contributed by atoms with E-state index in [2.05, 4.69) is 5.32 Å². The minimum absolute atomic E-state index is 0.273. The highest BCUT2D eigenvalue weighted by Crippen LogP contribution is 2.35. The van der Waals surface area contributed by atoms with Crippen molar-refractivity contribution in [2.45, 2.75) is 13.0 Å². The topological polar surface area (TPSA) is 83.1 Å². The highest BCUT2D eigenvalue weighted by Gasteiger charge is 2.18. The molecule has 0 fully saturated rings. The molecule has 2 aromatic rings. The number of nitrogens with one attached hydrogen (secondary N) is 1. The molecule has 0 aliphatic carbocycles. The zero-order valence-electron chi connectivity index (χ0n) is 16.8. The smallest absolute Gasteiger partial charge is 0.331 e. The van der Waals surface area contributed by atoms with Crippen molar-refractivity contribution >= 4 is 46.8 Å². The monoisotopic (exact) mass is 453 g/mol. The van der Waals surface area contributed by atoms with E-state index in [9.17, 15) is 9.59 Å². The summed E-state index contributed by atoms with van der Waals surface area (Å²) in [5.74, 6) is 0.181. The van der Waals surface area contributed by atoms with E-state index in [1.807, 2.05) is 0 Å². The highest BCUT2D eigenvalue weighted by atomic mass is 35.5. The second-order valence-corrected chi connectivity index (χ2v) is 6.82. The third kappa shape index (κ3) is 6.05. The molecule has 1 amide bonds. The molecule has 0 aliphatic heterocycles. The van der Waals surface area contributed by atoms with Crippen molar-refractivity contribution in [3.8, 4) is 17.2 Å². The molecule has 2 aromatic carbocycles. The molecular formula is C21H21Cl2NO6. The van der Waals surface area contributed by atoms with Gasteiger partial charge < -0.3 is 24.3 Å². The number of hydrogen-bond donors (Lipinski definition) is 1. The number of anilines is 1. The Labute approximate surface area is 184 Å². The molecule has 0 aromatic heterocycles. The van der Waals surface area contributed by atoms with E-state index in [1.165, 1.54) is 46.5 Å². The van der Waals surface area contributed by atoms with E-state index in [0.29, 0.717) is 33.5 Å². The van der Waals surface area contributed by atoms with Gasteiger partial charge in [-0.05, 0) is 37.3 Å². The lowest BCUT2D eigenvalue weighted by molar-refractivity contribution is -0.148. The van der Waals surface area contributed by atoms with Crippen LogP contribution < -0.4 is 19.5 Å². The zero-order chi connectivity index (χ0) is 22.3. The van der Waals surface area contributed by atoms with Crippen molar-refractivity contribution in [1.82, 2.24) is 0 Å². The number of benzene rings is 2. The van der Waals surface area contributed by atoms with Crippen LogP contribution in [0.25, 0.3) is 6.08 Å². The molecule has 2 rings (SSSR count). The van der Waals surface area contributed by atoms with E-state index in [0.717, 1.165) is 0 Å². The summed E-state index contributed by atoms with van der Waals surface area (Å²) < 4.78 is 20.9. The van der Waals surface area contributed by atoms with Crippen LogP contribution in [0.4, 0.5) is 5.69 Å². The van der Waals surface area contributed by atoms with Crippen LogP contribution in [0.3, 0.4) is 0 Å². The number of carbonyl (C=O) groups is 2. The third-order valence-electron chi connectivity index (χ3n) is 3.99. The number of halogens is 2. The summed E-state index contributed by atoms with van der Waals surface area (Å²) in [7, 11) is 4.50. The molecule has 1 N–H and O–H groups in total. The summed E-state index contributed by atoms with van der Waals surface area (Å²) in [6.45, 7) is 1.45. The zero-order valence-corrected chi connectivity index (χ0v) is 18.3. The number of hydrogen-bond acceptors (Lipinski definition) is 6. The van der Waals surface area contributed by atoms with Crippen LogP contribution in [0.1, 0.15) is 12.5 Å². The number of ether oxygens (including phenoxy) is 4. The lowest BCUT2D eigenvalue weighted by Crippen LogP contribution is -2.29. The first kappa shape index (κ1) is 23.4. The predicted molar refractivity (Wildman–Crippen MR) is 116 cm³/mol. The minimum Gasteiger partial charge on any atom is -0.496 e. The Morgan fingerprint density at radius 1 is 0.967 bits per heavy atom. The van der Waals surface area contributed by atoms with Crippen molar-refractivity contribution in [2.24, 2.45) is 0 Å². The molecule has 1 atom stereocenters. The summed E-state index contributed by atoms with van der Waals surface area (Å²) in [6.07, 6.45) is 1.62. The second-order valence-electron chi connectivity index (χ2n) is 5.98. The van der Waals surface area contributed by atoms with Crippen LogP contribution in [0, 0.1) is 0 Å². The van der Waals surface area contributed by atoms with E-state index >= 15 is 0 Å². The molecule has 0 saturated heterocycles. The number of rotatable bonds is 8. The molecule has 160 valence electrons. The summed E-state index contributed by atoms with van der Waals surface area (Å²) in [5, 5.41) is 3.29. The number of methoxy groups -OCH3 is 3. The molecule has 7 nitrogen and oxygen atoms in total. The molecule has 0 radical (unpaired) electrons. The third-order valence-corrected chi connectivity index (χ3v) is 4.53. The Morgan fingerprint density at radius 2 is 1.60 bits per heavy atom. The highest BCUT2D eigenvalue weighted by molar-refractivity contribution is 6.36. The van der Waals surface area contributed by atoms with Gasteiger partial charge in [-0.3, -0.25) is 4.79 Å². The van der Waals surface area contributed by atoms with Gasteiger partial charge in [0.15, 0.2) is 17.6 Å². The first-order valence-electron chi connectivity index (χ1n) is 8.73. The van der Waals surface area contributed by atoms with Gasteiger partial charge in [0.25, 0.3) is 5.91 Å². The molecule has 0 spiro atoms. The van der Waals surface area contributed by atoms with Gasteiger partial charge in [-0.2, -0.15) is 0 Å². The second kappa shape index (κ2) is 10.8. The first-order valence-corrected chi connectivity index (χ1v) is 9.49. The average molecular weight is 454 g/mol. The molecule has 0 heterocycles. The van der Waals surface area contributed by atoms with Crippen molar-refractivity contribution in [2.75, 3.05) is 26.6 Å². The lowest BCUT2D eigenvalue weighted by atomic mass is 10.1. The Morgan fingerprint density at radius 3 is 2.20 bits per heavy atom. The fourth-order valence-electron chi connectivity index (χ4n) is 2.43. The SMILES string of the molecule is COc1cc(OC)c(OC)cc1/C=C/C(=O)OC(C)C(=O)Nc1ccc(Cl)cc1Cl. The van der Waals surface area contributed by atoms with Gasteiger partial charge >= 0.3 is 5.97 Å². The molecule has 0 bridgehead atoms. The molecule has 0 aliphatic rings. The van der Waals surface area contributed by atoms with Crippen LogP contribution in [-0.4, -0.2) is 39.3 Å². The number of amides is 1. The fourth-order valence-corrected chi connectivity index (χ4v) is 2.89. The molecule has 1 unspecified atom stereocenters. The van der Waals surface area contributed by atoms with E-state index in [-0.39, 0.29) is 5.02 Å². The van der Waals surface area contributed by atoms with Crippen molar-refractivity contribution in [3.05, 3.63) is 52.0 Å². The first-order chi connectivity index (χ1) is 14.3. The van der Waals surface area contributed by atoms with Gasteiger partial charge in [-0.25, -0.2) is 4.79 Å². The van der Waals surface area contributed by atoms with Gasteiger partial charge in [-0.1, -0.05) is 23.2 Å². The fraction of sp³-hybridized carbons (Fsp3) is 0.238. The molecule has 9 heteroatoms. The van der Waals surface area contributed by atoms with E-state index in [1.54, 1.807) is 24.3 Å². The molecular weight excluding hydrogens is 433 g/mol. The van der Waals surface area contributed by atoms with Gasteiger partial charge in [0, 0.05) is 22.7 Å². The quantitative estimate of drug-likeness (QED) is 0.464. The summed E-state index contributed by atoms with van der Waals surface area (Å²) in [4.78, 5) is 24.4. The van der Waals surface area contributed by atoms with Crippen LogP contribution in [0.15, 0.2) is 36.4 Å². The minimum atomic E-state index is -1.05. The Hall–Kier alpha value is -2.90.